The normalized spacial score (nSPS) is 35.7. The second-order valence-corrected chi connectivity index (χ2v) is 19.6. The molecule has 3 N–H and O–H groups in total. The van der Waals surface area contributed by atoms with Crippen molar-refractivity contribution in [2.24, 2.45) is 57.2 Å². The molecule has 9 atom stereocenters. The summed E-state index contributed by atoms with van der Waals surface area (Å²) in [5.74, 6) is 2.94. The van der Waals surface area contributed by atoms with Gasteiger partial charge in [-0.1, -0.05) is 74.0 Å². The molecule has 0 bridgehead atoms. The predicted molar refractivity (Wildman–Crippen MR) is 227 cm³/mol. The highest BCUT2D eigenvalue weighted by atomic mass is 16.6. The quantitative estimate of drug-likeness (QED) is 0.248. The average molecular weight is 770 g/mol. The minimum atomic E-state index is -0.639. The summed E-state index contributed by atoms with van der Waals surface area (Å²) in [6, 6.07) is 0. The zero-order valence-corrected chi connectivity index (χ0v) is 37.8. The highest BCUT2D eigenvalue weighted by molar-refractivity contribution is 5.83. The van der Waals surface area contributed by atoms with Gasteiger partial charge >= 0.3 is 12.1 Å². The van der Waals surface area contributed by atoms with Gasteiger partial charge in [-0.2, -0.15) is 0 Å². The molecule has 6 rings (SSSR count). The molecule has 0 aromatic heterocycles. The molecule has 8 heteroatoms. The van der Waals surface area contributed by atoms with Crippen LogP contribution in [0.1, 0.15) is 160 Å². The van der Waals surface area contributed by atoms with Crippen molar-refractivity contribution >= 4 is 18.0 Å². The van der Waals surface area contributed by atoms with Crippen LogP contribution in [0.3, 0.4) is 0 Å². The molecule has 8 nitrogen and oxygen atoms in total. The van der Waals surface area contributed by atoms with E-state index in [1.54, 1.807) is 0 Å². The zero-order chi connectivity index (χ0) is 41.6. The Labute approximate surface area is 336 Å². The maximum atomic E-state index is 13.8. The first-order chi connectivity index (χ1) is 25.8. The van der Waals surface area contributed by atoms with Crippen molar-refractivity contribution in [1.29, 1.82) is 0 Å². The molecule has 0 aliphatic heterocycles. The van der Waals surface area contributed by atoms with E-state index in [1.165, 1.54) is 63.1 Å². The number of hydrogen-bond acceptors (Lipinski definition) is 5. The number of nitrogens with zero attached hydrogens (tertiary/aromatic N) is 1. The summed E-state index contributed by atoms with van der Waals surface area (Å²) in [5.41, 5.74) is 3.24. The van der Waals surface area contributed by atoms with Crippen LogP contribution in [0, 0.1) is 57.2 Å². The minimum absolute atomic E-state index is 0.115. The third kappa shape index (κ3) is 9.69. The van der Waals surface area contributed by atoms with Crippen molar-refractivity contribution < 1.29 is 24.2 Å². The SMILES string of the molecule is CC.CC.CN(C)CCNC(=O)[C@]12CCC[C@@H]1[C@H]1CCC3[C@@](C)(CCC4C(C)(C)C(C5=CCC(C(=O)O)CC5)=CC[C@@]43C)C1CC2.CNC(=O)OC(C)(C)C. The van der Waals surface area contributed by atoms with E-state index in [2.05, 4.69) is 69.5 Å². The van der Waals surface area contributed by atoms with Gasteiger partial charge < -0.3 is 25.4 Å². The molecule has 4 unspecified atom stereocenters. The fourth-order valence-electron chi connectivity index (χ4n) is 13.0. The highest BCUT2D eigenvalue weighted by Crippen LogP contribution is 2.73. The van der Waals surface area contributed by atoms with E-state index in [9.17, 15) is 19.5 Å². The second kappa shape index (κ2) is 18.9. The number of ether oxygens (including phenoxy) is 1. The van der Waals surface area contributed by atoms with Gasteiger partial charge in [-0.05, 0) is 169 Å². The molecule has 0 heterocycles. The largest absolute Gasteiger partial charge is 0.481 e. The fraction of sp³-hybridized carbons (Fsp3) is 0.851. The van der Waals surface area contributed by atoms with Crippen LogP contribution in [0.15, 0.2) is 23.3 Å². The van der Waals surface area contributed by atoms with E-state index >= 15 is 0 Å². The molecule has 0 radical (unpaired) electrons. The number of hydrogen-bond donors (Lipinski definition) is 3. The maximum Gasteiger partial charge on any atom is 0.407 e. The Balaban J connectivity index is 0.000000545. The second-order valence-electron chi connectivity index (χ2n) is 19.6. The molecule has 0 aromatic carbocycles. The van der Waals surface area contributed by atoms with Gasteiger partial charge in [-0.15, -0.1) is 0 Å². The molecule has 6 aliphatic carbocycles. The molecule has 4 fully saturated rings. The first-order valence-corrected chi connectivity index (χ1v) is 22.3. The summed E-state index contributed by atoms with van der Waals surface area (Å²) in [7, 11) is 5.69. The number of fused-ring (bicyclic) bond motifs is 7. The van der Waals surface area contributed by atoms with Crippen molar-refractivity contribution in [1.82, 2.24) is 15.5 Å². The molecule has 6 aliphatic rings. The first kappa shape index (κ1) is 47.0. The van der Waals surface area contributed by atoms with Crippen LogP contribution >= 0.6 is 0 Å². The van der Waals surface area contributed by atoms with Crippen molar-refractivity contribution in [3.8, 4) is 0 Å². The van der Waals surface area contributed by atoms with Crippen LogP contribution in [0.5, 0.6) is 0 Å². The molecule has 4 saturated carbocycles. The summed E-state index contributed by atoms with van der Waals surface area (Å²) in [4.78, 5) is 38.0. The third-order valence-electron chi connectivity index (χ3n) is 15.1. The smallest absolute Gasteiger partial charge is 0.407 e. The van der Waals surface area contributed by atoms with Gasteiger partial charge in [0.2, 0.25) is 5.91 Å². The number of carbonyl (C=O) groups is 3. The number of likely N-dealkylation sites (N-methyl/N-ethyl adjacent to an activating group) is 1. The van der Waals surface area contributed by atoms with Crippen molar-refractivity contribution in [3.05, 3.63) is 23.3 Å². The molecule has 0 spiro atoms. The van der Waals surface area contributed by atoms with Gasteiger partial charge in [0.25, 0.3) is 0 Å². The third-order valence-corrected chi connectivity index (χ3v) is 15.1. The molecule has 2 amide bonds. The van der Waals surface area contributed by atoms with Crippen LogP contribution in [0.2, 0.25) is 0 Å². The van der Waals surface area contributed by atoms with Gasteiger partial charge in [-0.3, -0.25) is 9.59 Å². The molecular weight excluding hydrogens is 687 g/mol. The van der Waals surface area contributed by atoms with Crippen molar-refractivity contribution in [2.45, 2.75) is 165 Å². The Morgan fingerprint density at radius 2 is 1.53 bits per heavy atom. The lowest BCUT2D eigenvalue weighted by molar-refractivity contribution is -0.183. The lowest BCUT2D eigenvalue weighted by Gasteiger charge is -2.68. The van der Waals surface area contributed by atoms with Gasteiger partial charge in [0.15, 0.2) is 0 Å². The van der Waals surface area contributed by atoms with Gasteiger partial charge in [-0.25, -0.2) is 4.79 Å². The Morgan fingerprint density at radius 1 is 0.855 bits per heavy atom. The Hall–Kier alpha value is -2.35. The molecular formula is C47H83N3O5. The lowest BCUT2D eigenvalue weighted by Crippen LogP contribution is -2.62. The minimum Gasteiger partial charge on any atom is -0.481 e. The molecule has 55 heavy (non-hydrogen) atoms. The summed E-state index contributed by atoms with van der Waals surface area (Å²) in [5, 5.41) is 15.3. The predicted octanol–water partition coefficient (Wildman–Crippen LogP) is 10.7. The van der Waals surface area contributed by atoms with Crippen LogP contribution in [-0.4, -0.2) is 67.8 Å². The number of carboxylic acid groups (broad SMARTS) is 1. The summed E-state index contributed by atoms with van der Waals surface area (Å²) in [6.45, 7) is 25.5. The van der Waals surface area contributed by atoms with Crippen LogP contribution in [-0.2, 0) is 14.3 Å². The maximum absolute atomic E-state index is 13.8. The molecule has 316 valence electrons. The first-order valence-electron chi connectivity index (χ1n) is 22.3. The number of nitrogens with one attached hydrogen (secondary N) is 2. The Morgan fingerprint density at radius 3 is 2.07 bits per heavy atom. The number of rotatable bonds is 6. The van der Waals surface area contributed by atoms with Gasteiger partial charge in [0.1, 0.15) is 5.60 Å². The number of aliphatic carboxylic acids is 1. The van der Waals surface area contributed by atoms with E-state index < -0.39 is 5.97 Å². The number of allylic oxidation sites excluding steroid dienone is 4. The van der Waals surface area contributed by atoms with Crippen LogP contribution in [0.4, 0.5) is 4.79 Å². The highest BCUT2D eigenvalue weighted by Gasteiger charge is 2.66. The number of alkyl carbamates (subject to hydrolysis) is 1. The average Bonchev–Trinajstić information content (AvgIpc) is 3.59. The topological polar surface area (TPSA) is 108 Å². The van der Waals surface area contributed by atoms with E-state index in [4.69, 9.17) is 4.74 Å². The van der Waals surface area contributed by atoms with Crippen LogP contribution < -0.4 is 10.6 Å². The van der Waals surface area contributed by atoms with Gasteiger partial charge in [0.05, 0.1) is 11.3 Å². The lowest BCUT2D eigenvalue weighted by atomic mass is 9.36. The summed E-state index contributed by atoms with van der Waals surface area (Å²) >= 11 is 0. The number of carboxylic acids is 1. The molecule has 0 aromatic rings. The number of carbonyl (C=O) groups excluding carboxylic acids is 2. The summed E-state index contributed by atoms with van der Waals surface area (Å²) < 4.78 is 4.84. The zero-order valence-electron chi connectivity index (χ0n) is 37.8. The fourth-order valence-corrected chi connectivity index (χ4v) is 13.0. The Kier molecular flexibility index (Phi) is 16.2. The van der Waals surface area contributed by atoms with Crippen molar-refractivity contribution in [3.63, 3.8) is 0 Å². The van der Waals surface area contributed by atoms with E-state index in [0.29, 0.717) is 40.9 Å². The monoisotopic (exact) mass is 770 g/mol. The Bertz CT molecular complexity index is 1380. The van der Waals surface area contributed by atoms with Crippen molar-refractivity contribution in [2.75, 3.05) is 34.2 Å². The number of amides is 2. The van der Waals surface area contributed by atoms with Crippen LogP contribution in [0.25, 0.3) is 0 Å². The molecule has 0 saturated heterocycles. The van der Waals surface area contributed by atoms with Gasteiger partial charge in [0, 0.05) is 20.1 Å². The van der Waals surface area contributed by atoms with E-state index in [0.717, 1.165) is 57.0 Å². The standard InChI is InChI=1S/C37H58N2O3.C6H13NO2.2C2H6/c1-34(2)27(24-9-11-25(12-10-24)32(40)41)15-19-36(4)30(34)17-20-35(3)28-16-21-37(33(42)38-22-23-39(5)6)18-7-8-29(37)26(28)13-14-31(35)36;1-6(2,3)9-5(8)7-4;2*1-2/h9,15,25-26,28-31H,7-8,10-14,16-23H2,1-6H3,(H,38,42)(H,40,41);1-4H3,(H,7,8);2*1-2H3/t25?,26-,28?,29+,30?,31?,35-,36-,37-;;;/m0.../s1. The van der Waals surface area contributed by atoms with E-state index in [-0.39, 0.29) is 28.4 Å². The van der Waals surface area contributed by atoms with E-state index in [1.807, 2.05) is 48.5 Å². The summed E-state index contributed by atoms with van der Waals surface area (Å²) in [6.07, 6.45) is 19.2.